The number of piperazine rings is 1. The fourth-order valence-corrected chi connectivity index (χ4v) is 8.97. The fourth-order valence-electron chi connectivity index (χ4n) is 7.73. The Morgan fingerprint density at radius 1 is 1.12 bits per heavy atom. The number of anilines is 2. The van der Waals surface area contributed by atoms with Gasteiger partial charge in [-0.25, -0.2) is 9.07 Å². The van der Waals surface area contributed by atoms with E-state index in [1.54, 1.807) is 13.2 Å². The van der Waals surface area contributed by atoms with E-state index in [1.165, 1.54) is 6.07 Å². The maximum absolute atomic E-state index is 15.3. The molecule has 2 aliphatic heterocycles. The largest absolute Gasteiger partial charge is 0.486 e. The van der Waals surface area contributed by atoms with Crippen molar-refractivity contribution in [3.8, 4) is 40.2 Å². The summed E-state index contributed by atoms with van der Waals surface area (Å²) in [6, 6.07) is 15.7. The SMILES string of the molecule is C=CC(C(C)C)n1cc(-c2ccc(COc3c(-c4ccc(F)c5sc(N)c(C#N)c45)c(Cl)cc4c(N5CC6CC[C@@H](C5)N6)nc(OCCOC)nc34)cc2)nn1. The van der Waals surface area contributed by atoms with Crippen molar-refractivity contribution in [1.82, 2.24) is 30.3 Å². The van der Waals surface area contributed by atoms with Crippen LogP contribution < -0.4 is 25.4 Å². The van der Waals surface area contributed by atoms with Crippen molar-refractivity contribution in [2.75, 3.05) is 44.0 Å². The van der Waals surface area contributed by atoms with Crippen LogP contribution in [0.4, 0.5) is 15.2 Å². The van der Waals surface area contributed by atoms with Crippen molar-refractivity contribution >= 4 is 54.7 Å². The number of halogens is 2. The summed E-state index contributed by atoms with van der Waals surface area (Å²) in [4.78, 5) is 12.1. The smallest absolute Gasteiger partial charge is 0.319 e. The number of hydrogen-bond donors (Lipinski definition) is 2. The van der Waals surface area contributed by atoms with Gasteiger partial charge in [0, 0.05) is 54.2 Å². The lowest BCUT2D eigenvalue weighted by Gasteiger charge is -2.34. The number of nitrogens with two attached hydrogens (primary N) is 1. The Kier molecular flexibility index (Phi) is 10.5. The maximum atomic E-state index is 15.3. The molecule has 3 aromatic heterocycles. The minimum Gasteiger partial charge on any atom is -0.486 e. The molecule has 56 heavy (non-hydrogen) atoms. The first-order valence-corrected chi connectivity index (χ1v) is 19.7. The van der Waals surface area contributed by atoms with Gasteiger partial charge in [0.1, 0.15) is 47.1 Å². The van der Waals surface area contributed by atoms with E-state index >= 15 is 4.39 Å². The number of nitrogens with zero attached hydrogens (tertiary/aromatic N) is 7. The molecule has 15 heteroatoms. The first kappa shape index (κ1) is 37.6. The number of rotatable bonds is 13. The van der Waals surface area contributed by atoms with Crippen molar-refractivity contribution in [1.29, 1.82) is 5.26 Å². The number of nitriles is 1. The van der Waals surface area contributed by atoms with Gasteiger partial charge < -0.3 is 30.2 Å². The van der Waals surface area contributed by atoms with Gasteiger partial charge in [-0.2, -0.15) is 15.2 Å². The summed E-state index contributed by atoms with van der Waals surface area (Å²) in [6.45, 7) is 10.4. The maximum Gasteiger partial charge on any atom is 0.319 e. The van der Waals surface area contributed by atoms with E-state index in [-0.39, 0.29) is 40.5 Å². The van der Waals surface area contributed by atoms with Gasteiger partial charge in [0.25, 0.3) is 0 Å². The van der Waals surface area contributed by atoms with Crippen molar-refractivity contribution in [2.24, 2.45) is 5.92 Å². The molecule has 5 heterocycles. The van der Waals surface area contributed by atoms with E-state index in [0.29, 0.717) is 68.6 Å². The number of aromatic nitrogens is 5. The molecule has 2 aliphatic rings. The van der Waals surface area contributed by atoms with Crippen LogP contribution in [0.5, 0.6) is 11.8 Å². The Balaban J connectivity index is 1.26. The predicted molar refractivity (Wildman–Crippen MR) is 218 cm³/mol. The van der Waals surface area contributed by atoms with Crippen LogP contribution in [0, 0.1) is 23.1 Å². The van der Waals surface area contributed by atoms with Gasteiger partial charge in [-0.05, 0) is 42.0 Å². The number of ether oxygens (including phenoxy) is 3. The summed E-state index contributed by atoms with van der Waals surface area (Å²) in [5.41, 5.74) is 10.3. The van der Waals surface area contributed by atoms with Gasteiger partial charge in [0.05, 0.1) is 34.1 Å². The number of nitrogen functional groups attached to an aromatic ring is 1. The van der Waals surface area contributed by atoms with Crippen molar-refractivity contribution in [2.45, 2.75) is 51.4 Å². The minimum atomic E-state index is -0.488. The number of hydrogen-bond acceptors (Lipinski definition) is 12. The van der Waals surface area contributed by atoms with Gasteiger partial charge >= 0.3 is 6.01 Å². The van der Waals surface area contributed by atoms with Gasteiger partial charge in [-0.15, -0.1) is 23.0 Å². The molecule has 288 valence electrons. The molecule has 0 amide bonds. The number of benzene rings is 3. The highest BCUT2D eigenvalue weighted by Gasteiger charge is 2.35. The van der Waals surface area contributed by atoms with Crippen LogP contribution in [-0.4, -0.2) is 70.5 Å². The summed E-state index contributed by atoms with van der Waals surface area (Å²) in [7, 11) is 1.60. The second kappa shape index (κ2) is 15.7. The van der Waals surface area contributed by atoms with E-state index in [2.05, 4.69) is 47.0 Å². The summed E-state index contributed by atoms with van der Waals surface area (Å²) in [5.74, 6) is 0.834. The van der Waals surface area contributed by atoms with Crippen LogP contribution in [0.1, 0.15) is 43.9 Å². The molecule has 12 nitrogen and oxygen atoms in total. The molecule has 6 aromatic rings. The molecule has 2 saturated heterocycles. The monoisotopic (exact) mass is 793 g/mol. The average molecular weight is 794 g/mol. The standard InChI is InChI=1S/C41H41ClFN9O3S/c1-5-33(22(2)3)52-20-32(49-50-52)24-8-6-23(7-9-24)21-55-37-35(27-12-13-31(43)38-34(27)29(17-44)39(45)56-38)30(42)16-28-36(37)47-41(54-15-14-53-4)48-40(28)51-18-25-10-11-26(19-51)46-25/h5-9,12-13,16,20,22,25-26,33,46H,1,10-11,14-15,18-19,21,45H2,2-4H3/t25-,26?,33?/m0/s1. The Bertz CT molecular complexity index is 2470. The minimum absolute atomic E-state index is 0.0275. The Morgan fingerprint density at radius 3 is 2.59 bits per heavy atom. The summed E-state index contributed by atoms with van der Waals surface area (Å²) >= 11 is 8.31. The molecule has 0 aliphatic carbocycles. The van der Waals surface area contributed by atoms with E-state index < -0.39 is 5.82 Å². The second-order valence-electron chi connectivity index (χ2n) is 14.5. The lowest BCUT2D eigenvalue weighted by Crippen LogP contribution is -2.51. The molecule has 0 radical (unpaired) electrons. The Hall–Kier alpha value is -5.33. The van der Waals surface area contributed by atoms with Gasteiger partial charge in [0.15, 0.2) is 5.75 Å². The van der Waals surface area contributed by atoms with Crippen LogP contribution in [0.15, 0.2) is 61.3 Å². The zero-order chi connectivity index (χ0) is 39.1. The molecular weight excluding hydrogens is 753 g/mol. The van der Waals surface area contributed by atoms with Gasteiger partial charge in [0.2, 0.25) is 0 Å². The molecule has 3 N–H and O–H groups in total. The quantitative estimate of drug-likeness (QED) is 0.0867. The van der Waals surface area contributed by atoms with E-state index in [0.717, 1.165) is 54.1 Å². The predicted octanol–water partition coefficient (Wildman–Crippen LogP) is 7.94. The topological polar surface area (TPSA) is 149 Å². The van der Waals surface area contributed by atoms with Crippen LogP contribution in [0.25, 0.3) is 43.4 Å². The zero-order valence-corrected chi connectivity index (χ0v) is 32.8. The normalized spacial score (nSPS) is 17.1. The first-order chi connectivity index (χ1) is 27.2. The van der Waals surface area contributed by atoms with Crippen LogP contribution >= 0.6 is 22.9 Å². The zero-order valence-electron chi connectivity index (χ0n) is 31.3. The number of nitrogens with one attached hydrogen (secondary N) is 1. The Morgan fingerprint density at radius 2 is 1.89 bits per heavy atom. The molecule has 0 spiro atoms. The van der Waals surface area contributed by atoms with Crippen molar-refractivity contribution in [3.63, 3.8) is 0 Å². The number of allylic oxidation sites excluding steroid dienone is 1. The second-order valence-corrected chi connectivity index (χ2v) is 15.9. The van der Waals surface area contributed by atoms with Crippen LogP contribution in [0.3, 0.4) is 0 Å². The number of fused-ring (bicyclic) bond motifs is 4. The molecule has 2 fully saturated rings. The lowest BCUT2D eigenvalue weighted by atomic mass is 9.96. The summed E-state index contributed by atoms with van der Waals surface area (Å²) in [6.07, 6.45) is 5.96. The van der Waals surface area contributed by atoms with Crippen molar-refractivity contribution in [3.05, 3.63) is 83.3 Å². The Labute approximate surface area is 332 Å². The van der Waals surface area contributed by atoms with Crippen molar-refractivity contribution < 1.29 is 18.6 Å². The van der Waals surface area contributed by atoms with Gasteiger partial charge in [-0.1, -0.05) is 67.1 Å². The summed E-state index contributed by atoms with van der Waals surface area (Å²) < 4.78 is 35.5. The molecule has 2 unspecified atom stereocenters. The lowest BCUT2D eigenvalue weighted by molar-refractivity contribution is 0.141. The molecule has 2 bridgehead atoms. The highest BCUT2D eigenvalue weighted by atomic mass is 35.5. The van der Waals surface area contributed by atoms with Gasteiger partial charge in [-0.3, -0.25) is 0 Å². The third kappa shape index (κ3) is 7.00. The number of thiophene rings is 1. The molecule has 8 rings (SSSR count). The average Bonchev–Trinajstić information content (AvgIpc) is 3.91. The molecule has 0 saturated carbocycles. The van der Waals surface area contributed by atoms with E-state index in [1.807, 2.05) is 47.3 Å². The third-order valence-electron chi connectivity index (χ3n) is 10.5. The number of methoxy groups -OCH3 is 1. The highest BCUT2D eigenvalue weighted by molar-refractivity contribution is 7.23. The molecular formula is C41H41ClFN9O3S. The third-order valence-corrected chi connectivity index (χ3v) is 11.8. The van der Waals surface area contributed by atoms with Crippen LogP contribution in [-0.2, 0) is 11.3 Å². The van der Waals surface area contributed by atoms with E-state index in [9.17, 15) is 5.26 Å². The van der Waals surface area contributed by atoms with Crippen LogP contribution in [0.2, 0.25) is 5.02 Å². The fraction of sp³-hybridized carbons (Fsp3) is 0.341. The molecule has 3 aromatic carbocycles. The highest BCUT2D eigenvalue weighted by Crippen LogP contribution is 2.49. The molecule has 3 atom stereocenters. The first-order valence-electron chi connectivity index (χ1n) is 18.5. The summed E-state index contributed by atoms with van der Waals surface area (Å²) in [5, 5.41) is 24.2. The van der Waals surface area contributed by atoms with E-state index in [4.69, 9.17) is 41.5 Å².